The third kappa shape index (κ3) is 3.09. The summed E-state index contributed by atoms with van der Waals surface area (Å²) >= 11 is 0. The van der Waals surface area contributed by atoms with Crippen molar-refractivity contribution in [1.29, 1.82) is 0 Å². The summed E-state index contributed by atoms with van der Waals surface area (Å²) in [5.41, 5.74) is 12.1. The van der Waals surface area contributed by atoms with Crippen molar-refractivity contribution in [3.63, 3.8) is 0 Å². The van der Waals surface area contributed by atoms with Gasteiger partial charge in [0.1, 0.15) is 0 Å². The average Bonchev–Trinajstić information content (AvgIpc) is 2.33. The van der Waals surface area contributed by atoms with Gasteiger partial charge in [0.25, 0.3) is 0 Å². The van der Waals surface area contributed by atoms with Crippen LogP contribution in [0.5, 0.6) is 0 Å². The molecular formula is C13H12F3N3. The molecule has 5 N–H and O–H groups in total. The highest BCUT2D eigenvalue weighted by Crippen LogP contribution is 2.33. The lowest BCUT2D eigenvalue weighted by atomic mass is 10.1. The highest BCUT2D eigenvalue weighted by molar-refractivity contribution is 5.73. The van der Waals surface area contributed by atoms with Crippen LogP contribution in [0.15, 0.2) is 42.5 Å². The summed E-state index contributed by atoms with van der Waals surface area (Å²) in [6.07, 6.45) is -4.39. The summed E-state index contributed by atoms with van der Waals surface area (Å²) in [7, 11) is 0. The van der Waals surface area contributed by atoms with E-state index in [1.807, 2.05) is 0 Å². The van der Waals surface area contributed by atoms with E-state index in [0.717, 1.165) is 12.1 Å². The zero-order valence-corrected chi connectivity index (χ0v) is 9.83. The van der Waals surface area contributed by atoms with Gasteiger partial charge in [0.15, 0.2) is 0 Å². The number of alkyl halides is 3. The second kappa shape index (κ2) is 4.72. The minimum Gasteiger partial charge on any atom is -0.399 e. The molecule has 2 aromatic carbocycles. The molecule has 0 saturated heterocycles. The number of benzene rings is 2. The number of hydrogen-bond donors (Lipinski definition) is 3. The number of nitrogens with one attached hydrogen (secondary N) is 1. The molecule has 2 rings (SSSR count). The molecule has 0 heterocycles. The lowest BCUT2D eigenvalue weighted by Gasteiger charge is -2.12. The fraction of sp³-hybridized carbons (Fsp3) is 0.0769. The van der Waals surface area contributed by atoms with Crippen molar-refractivity contribution in [2.45, 2.75) is 6.18 Å². The van der Waals surface area contributed by atoms with Crippen molar-refractivity contribution in [2.24, 2.45) is 0 Å². The number of nitrogen functional groups attached to an aromatic ring is 2. The first-order valence-corrected chi connectivity index (χ1v) is 5.45. The standard InChI is InChI=1S/C13H12F3N3/c14-13(15,16)8-1-6-12(11(18)7-8)19-10-4-2-9(17)3-5-10/h1-7,19H,17-18H2. The normalized spacial score (nSPS) is 11.3. The molecule has 0 aliphatic heterocycles. The monoisotopic (exact) mass is 267 g/mol. The van der Waals surface area contributed by atoms with Crippen molar-refractivity contribution in [1.82, 2.24) is 0 Å². The van der Waals surface area contributed by atoms with E-state index in [1.54, 1.807) is 24.3 Å². The Morgan fingerprint density at radius 1 is 0.895 bits per heavy atom. The summed E-state index contributed by atoms with van der Waals surface area (Å²) < 4.78 is 37.4. The SMILES string of the molecule is Nc1ccc(Nc2ccc(C(F)(F)F)cc2N)cc1. The Bertz CT molecular complexity index is 577. The van der Waals surface area contributed by atoms with Gasteiger partial charge in [-0.05, 0) is 42.5 Å². The summed E-state index contributed by atoms with van der Waals surface area (Å²) in [4.78, 5) is 0. The van der Waals surface area contributed by atoms with Gasteiger partial charge < -0.3 is 16.8 Å². The fourth-order valence-corrected chi connectivity index (χ4v) is 1.57. The molecule has 3 nitrogen and oxygen atoms in total. The van der Waals surface area contributed by atoms with Gasteiger partial charge in [-0.3, -0.25) is 0 Å². The molecule has 6 heteroatoms. The third-order valence-electron chi connectivity index (χ3n) is 2.57. The highest BCUT2D eigenvalue weighted by atomic mass is 19.4. The highest BCUT2D eigenvalue weighted by Gasteiger charge is 2.30. The summed E-state index contributed by atoms with van der Waals surface area (Å²) in [5, 5.41) is 2.93. The molecule has 19 heavy (non-hydrogen) atoms. The Morgan fingerprint density at radius 3 is 2.05 bits per heavy atom. The van der Waals surface area contributed by atoms with Crippen LogP contribution in [0.2, 0.25) is 0 Å². The van der Waals surface area contributed by atoms with Crippen LogP contribution in [0.1, 0.15) is 5.56 Å². The predicted octanol–water partition coefficient (Wildman–Crippen LogP) is 3.61. The van der Waals surface area contributed by atoms with Crippen LogP contribution in [-0.2, 0) is 6.18 Å². The number of nitrogens with two attached hydrogens (primary N) is 2. The van der Waals surface area contributed by atoms with Gasteiger partial charge in [-0.1, -0.05) is 0 Å². The molecule has 0 amide bonds. The molecule has 0 fully saturated rings. The maximum Gasteiger partial charge on any atom is 0.416 e. The smallest absolute Gasteiger partial charge is 0.399 e. The molecule has 0 bridgehead atoms. The first-order valence-electron chi connectivity index (χ1n) is 5.45. The summed E-state index contributed by atoms with van der Waals surface area (Å²) in [6, 6.07) is 9.98. The second-order valence-corrected chi connectivity index (χ2v) is 4.05. The summed E-state index contributed by atoms with van der Waals surface area (Å²) in [6.45, 7) is 0. The van der Waals surface area contributed by atoms with Crippen molar-refractivity contribution in [3.8, 4) is 0 Å². The Kier molecular flexibility index (Phi) is 3.25. The van der Waals surface area contributed by atoms with E-state index in [0.29, 0.717) is 17.1 Å². The van der Waals surface area contributed by atoms with Crippen molar-refractivity contribution < 1.29 is 13.2 Å². The minimum atomic E-state index is -4.39. The lowest BCUT2D eigenvalue weighted by Crippen LogP contribution is -2.06. The van der Waals surface area contributed by atoms with Gasteiger partial charge in [-0.2, -0.15) is 13.2 Å². The van der Waals surface area contributed by atoms with Gasteiger partial charge in [-0.15, -0.1) is 0 Å². The lowest BCUT2D eigenvalue weighted by molar-refractivity contribution is -0.137. The zero-order chi connectivity index (χ0) is 14.0. The predicted molar refractivity (Wildman–Crippen MR) is 70.0 cm³/mol. The molecule has 0 aliphatic carbocycles. The summed E-state index contributed by atoms with van der Waals surface area (Å²) in [5.74, 6) is 0. The zero-order valence-electron chi connectivity index (χ0n) is 9.83. The average molecular weight is 267 g/mol. The molecule has 100 valence electrons. The minimum absolute atomic E-state index is 0.0339. The Balaban J connectivity index is 2.24. The van der Waals surface area contributed by atoms with Crippen molar-refractivity contribution in [3.05, 3.63) is 48.0 Å². The van der Waals surface area contributed by atoms with E-state index in [1.165, 1.54) is 6.07 Å². The van der Waals surface area contributed by atoms with Crippen LogP contribution in [0.4, 0.5) is 35.9 Å². The number of rotatable bonds is 2. The van der Waals surface area contributed by atoms with Gasteiger partial charge in [0.2, 0.25) is 0 Å². The molecule has 0 saturated carbocycles. The number of anilines is 4. The molecule has 0 aliphatic rings. The molecule has 2 aromatic rings. The number of halogens is 3. The van der Waals surface area contributed by atoms with E-state index in [2.05, 4.69) is 5.32 Å². The van der Waals surface area contributed by atoms with Gasteiger partial charge in [0, 0.05) is 11.4 Å². The van der Waals surface area contributed by atoms with Crippen molar-refractivity contribution in [2.75, 3.05) is 16.8 Å². The fourth-order valence-electron chi connectivity index (χ4n) is 1.57. The van der Waals surface area contributed by atoms with Crippen LogP contribution in [0, 0.1) is 0 Å². The van der Waals surface area contributed by atoms with Crippen LogP contribution < -0.4 is 16.8 Å². The van der Waals surface area contributed by atoms with E-state index in [-0.39, 0.29) is 5.69 Å². The first kappa shape index (κ1) is 13.1. The largest absolute Gasteiger partial charge is 0.416 e. The van der Waals surface area contributed by atoms with E-state index >= 15 is 0 Å². The molecule has 0 unspecified atom stereocenters. The Labute approximate surface area is 108 Å². The molecule has 0 spiro atoms. The second-order valence-electron chi connectivity index (χ2n) is 4.05. The van der Waals surface area contributed by atoms with Crippen LogP contribution in [-0.4, -0.2) is 0 Å². The van der Waals surface area contributed by atoms with Crippen molar-refractivity contribution >= 4 is 22.7 Å². The van der Waals surface area contributed by atoms with E-state index in [4.69, 9.17) is 11.5 Å². The van der Waals surface area contributed by atoms with Gasteiger partial charge >= 0.3 is 6.18 Å². The van der Waals surface area contributed by atoms with Crippen LogP contribution in [0.3, 0.4) is 0 Å². The van der Waals surface area contributed by atoms with Gasteiger partial charge in [0.05, 0.1) is 16.9 Å². The maximum absolute atomic E-state index is 12.5. The third-order valence-corrected chi connectivity index (χ3v) is 2.57. The molecule has 0 aromatic heterocycles. The van der Waals surface area contributed by atoms with Crippen LogP contribution in [0.25, 0.3) is 0 Å². The Morgan fingerprint density at radius 2 is 1.53 bits per heavy atom. The molecular weight excluding hydrogens is 255 g/mol. The quantitative estimate of drug-likeness (QED) is 0.728. The van der Waals surface area contributed by atoms with Crippen LogP contribution >= 0.6 is 0 Å². The first-order chi connectivity index (χ1) is 8.86. The van der Waals surface area contributed by atoms with E-state index < -0.39 is 11.7 Å². The maximum atomic E-state index is 12.5. The molecule has 0 radical (unpaired) electrons. The molecule has 0 atom stereocenters. The van der Waals surface area contributed by atoms with Gasteiger partial charge in [-0.25, -0.2) is 0 Å². The topological polar surface area (TPSA) is 64.1 Å². The van der Waals surface area contributed by atoms with E-state index in [9.17, 15) is 13.2 Å². The Hall–Kier alpha value is -2.37. The number of hydrogen-bond acceptors (Lipinski definition) is 3.